The number of nitrogens with two attached hydrogens (primary N) is 2. The third-order valence-electron chi connectivity index (χ3n) is 6.19. The van der Waals surface area contributed by atoms with E-state index in [9.17, 15) is 19.5 Å². The van der Waals surface area contributed by atoms with E-state index in [1.165, 1.54) is 16.7 Å². The molecule has 2 aliphatic rings. The van der Waals surface area contributed by atoms with Crippen molar-refractivity contribution in [1.82, 2.24) is 19.6 Å². The van der Waals surface area contributed by atoms with E-state index in [1.54, 1.807) is 24.1 Å². The number of hydrogen-bond donors (Lipinski definition) is 4. The molecule has 40 heavy (non-hydrogen) atoms. The van der Waals surface area contributed by atoms with E-state index in [-0.39, 0.29) is 28.8 Å². The number of nitrogens with one attached hydrogen (secondary N) is 1. The highest BCUT2D eigenvalue weighted by atomic mass is 32.2. The first-order valence-corrected chi connectivity index (χ1v) is 15.2. The molecule has 0 spiro atoms. The second-order valence-corrected chi connectivity index (χ2v) is 11.8. The number of carbonyl (C=O) groups excluding carboxylic acids is 2. The summed E-state index contributed by atoms with van der Waals surface area (Å²) in [5.41, 5.74) is 12.9. The van der Waals surface area contributed by atoms with E-state index < -0.39 is 29.2 Å². The van der Waals surface area contributed by atoms with Crippen molar-refractivity contribution >= 4 is 69.1 Å². The number of aliphatic carboxylic acids is 1. The lowest BCUT2D eigenvalue weighted by Gasteiger charge is -2.49. The first-order chi connectivity index (χ1) is 19.3. The Morgan fingerprint density at radius 3 is 2.92 bits per heavy atom. The van der Waals surface area contributed by atoms with Crippen LogP contribution in [0.3, 0.4) is 0 Å². The Morgan fingerprint density at radius 1 is 1.40 bits per heavy atom. The van der Waals surface area contributed by atoms with Crippen molar-refractivity contribution < 1.29 is 28.9 Å². The average Bonchev–Trinajstić information content (AvgIpc) is 3.56. The van der Waals surface area contributed by atoms with Gasteiger partial charge >= 0.3 is 5.97 Å². The maximum atomic E-state index is 13.2. The molecule has 5 heterocycles. The molecule has 0 saturated carbocycles. The van der Waals surface area contributed by atoms with Gasteiger partial charge in [0.15, 0.2) is 15.9 Å². The summed E-state index contributed by atoms with van der Waals surface area (Å²) in [5.74, 6) is -1.23. The van der Waals surface area contributed by atoms with Crippen molar-refractivity contribution in [2.75, 3.05) is 30.4 Å². The molecule has 210 valence electrons. The predicted octanol–water partition coefficient (Wildman–Crippen LogP) is 0.496. The lowest BCUT2D eigenvalue weighted by Crippen LogP contribution is -2.71. The molecule has 2 aliphatic heterocycles. The van der Waals surface area contributed by atoms with E-state index in [4.69, 9.17) is 16.3 Å². The summed E-state index contributed by atoms with van der Waals surface area (Å²) in [6.07, 6.45) is 3.81. The second kappa shape index (κ2) is 11.9. The normalized spacial score (nSPS) is 19.0. The quantitative estimate of drug-likeness (QED) is 0.0792. The SMILES string of the molecule is CCO/N=C(\C(=O)N[C@@H]1C(=O)N2C(C(=O)O)=C(C[n+]3ccn4c(SCCN)cccc43)CS[C@H]12)c1csc(N)n1. The number of pyridine rings is 1. The molecule has 3 aromatic heterocycles. The second-order valence-electron chi connectivity index (χ2n) is 8.70. The van der Waals surface area contributed by atoms with Crippen molar-refractivity contribution in [2.45, 2.75) is 29.9 Å². The Bertz CT molecular complexity index is 1530. The Morgan fingerprint density at radius 2 is 2.23 bits per heavy atom. The molecule has 2 amide bonds. The fourth-order valence-electron chi connectivity index (χ4n) is 4.46. The van der Waals surface area contributed by atoms with Crippen LogP contribution in [-0.4, -0.2) is 79.0 Å². The number of nitrogen functional groups attached to an aromatic ring is 1. The van der Waals surface area contributed by atoms with Crippen molar-refractivity contribution in [3.63, 3.8) is 0 Å². The minimum atomic E-state index is -1.20. The molecule has 2 atom stereocenters. The van der Waals surface area contributed by atoms with Crippen LogP contribution in [0.2, 0.25) is 0 Å². The van der Waals surface area contributed by atoms with Gasteiger partial charge in [0.2, 0.25) is 0 Å². The number of oxime groups is 1. The number of carboxylic acid groups (broad SMARTS) is 1. The zero-order valence-corrected chi connectivity index (χ0v) is 23.8. The van der Waals surface area contributed by atoms with E-state index in [2.05, 4.69) is 15.5 Å². The van der Waals surface area contributed by atoms with Crippen LogP contribution >= 0.6 is 34.9 Å². The lowest BCUT2D eigenvalue weighted by atomic mass is 10.0. The number of carboxylic acids is 1. The summed E-state index contributed by atoms with van der Waals surface area (Å²) >= 11 is 4.17. The van der Waals surface area contributed by atoms with Gasteiger partial charge in [0, 0.05) is 35.1 Å². The minimum absolute atomic E-state index is 0.0600. The van der Waals surface area contributed by atoms with Gasteiger partial charge in [0.05, 0.1) is 0 Å². The summed E-state index contributed by atoms with van der Waals surface area (Å²) in [6.45, 7) is 2.79. The van der Waals surface area contributed by atoms with Crippen LogP contribution in [0.5, 0.6) is 0 Å². The standard InChI is InChI=1S/C24H26N8O5S3/c1-2-37-29-17(14-12-40-24(26)27-14)20(33)28-18-21(34)32-19(23(35)36)13(11-39-22(18)32)10-30-7-8-31-15(30)4-3-5-16(31)38-9-6-25/h3-5,7-8,12,18,22H,2,6,9-11,25H2,1H3,(H3-,26,27,28,33,35,36)/p+1/b29-17-/t18-,22-/m1/s1. The predicted molar refractivity (Wildman–Crippen MR) is 152 cm³/mol. The topological polar surface area (TPSA) is 182 Å². The van der Waals surface area contributed by atoms with E-state index in [1.807, 2.05) is 39.6 Å². The van der Waals surface area contributed by atoms with Gasteiger partial charge in [-0.05, 0) is 19.1 Å². The number of β-lactam (4-membered cyclic amide) rings is 1. The molecule has 0 aliphatic carbocycles. The highest BCUT2D eigenvalue weighted by molar-refractivity contribution is 8.00. The van der Waals surface area contributed by atoms with Crippen LogP contribution in [-0.2, 0) is 25.8 Å². The zero-order valence-electron chi connectivity index (χ0n) is 21.4. The van der Waals surface area contributed by atoms with Crippen molar-refractivity contribution in [1.29, 1.82) is 0 Å². The van der Waals surface area contributed by atoms with Gasteiger partial charge in [-0.25, -0.2) is 14.3 Å². The Hall–Kier alpha value is -3.60. The summed E-state index contributed by atoms with van der Waals surface area (Å²) in [4.78, 5) is 49.1. The Balaban J connectivity index is 1.36. The van der Waals surface area contributed by atoms with E-state index >= 15 is 0 Å². The number of aromatic nitrogens is 3. The van der Waals surface area contributed by atoms with Gasteiger partial charge in [-0.15, -0.1) is 23.1 Å². The molecule has 3 aromatic rings. The molecule has 6 N–H and O–H groups in total. The number of anilines is 1. The molecule has 16 heteroatoms. The van der Waals surface area contributed by atoms with Crippen LogP contribution in [0.15, 0.2) is 57.4 Å². The molecule has 1 saturated heterocycles. The monoisotopic (exact) mass is 603 g/mol. The number of rotatable bonds is 11. The summed E-state index contributed by atoms with van der Waals surface area (Å²) in [5, 5.41) is 18.9. The third-order valence-corrected chi connectivity index (χ3v) is 9.27. The Labute approximate surface area is 241 Å². The molecule has 0 radical (unpaired) electrons. The van der Waals surface area contributed by atoms with Gasteiger partial charge < -0.3 is 26.7 Å². The molecular formula is C24H27N8O5S3+. The first-order valence-electron chi connectivity index (χ1n) is 12.3. The van der Waals surface area contributed by atoms with Crippen molar-refractivity contribution in [3.05, 3.63) is 52.9 Å². The van der Waals surface area contributed by atoms with Gasteiger partial charge in [-0.2, -0.15) is 4.40 Å². The number of nitrogens with zero attached hydrogens (tertiary/aromatic N) is 5. The number of thiazole rings is 1. The van der Waals surface area contributed by atoms with Crippen LogP contribution in [0.25, 0.3) is 5.65 Å². The van der Waals surface area contributed by atoms with Crippen LogP contribution in [0.4, 0.5) is 5.13 Å². The van der Waals surface area contributed by atoms with E-state index in [0.29, 0.717) is 24.4 Å². The lowest BCUT2D eigenvalue weighted by molar-refractivity contribution is -0.662. The number of carbonyl (C=O) groups is 3. The van der Waals surface area contributed by atoms with Crippen molar-refractivity contribution in [3.8, 4) is 0 Å². The Kier molecular flexibility index (Phi) is 8.30. The first kappa shape index (κ1) is 27.9. The van der Waals surface area contributed by atoms with Gasteiger partial charge in [-0.1, -0.05) is 16.9 Å². The number of amides is 2. The molecule has 5 rings (SSSR count). The highest BCUT2D eigenvalue weighted by Crippen LogP contribution is 2.40. The summed E-state index contributed by atoms with van der Waals surface area (Å²) in [6, 6.07) is 4.96. The average molecular weight is 604 g/mol. The van der Waals surface area contributed by atoms with Gasteiger partial charge in [-0.3, -0.25) is 14.5 Å². The minimum Gasteiger partial charge on any atom is -0.477 e. The number of fused-ring (bicyclic) bond motifs is 2. The number of thioether (sulfide) groups is 2. The number of hydrogen-bond acceptors (Lipinski definition) is 11. The molecule has 1 fully saturated rings. The number of imidazole rings is 1. The zero-order chi connectivity index (χ0) is 28.4. The fourth-order valence-corrected chi connectivity index (χ4v) is 7.14. The molecule has 0 aromatic carbocycles. The molecule has 0 unspecified atom stereocenters. The molecular weight excluding hydrogens is 577 g/mol. The molecule has 0 bridgehead atoms. The van der Waals surface area contributed by atoms with Crippen molar-refractivity contribution in [2.24, 2.45) is 10.9 Å². The van der Waals surface area contributed by atoms with Gasteiger partial charge in [0.25, 0.3) is 17.5 Å². The highest BCUT2D eigenvalue weighted by Gasteiger charge is 2.54. The fraction of sp³-hybridized carbons (Fsp3) is 0.333. The van der Waals surface area contributed by atoms with Crippen LogP contribution < -0.4 is 21.4 Å². The van der Waals surface area contributed by atoms with Crippen LogP contribution in [0, 0.1) is 0 Å². The van der Waals surface area contributed by atoms with Crippen LogP contribution in [0.1, 0.15) is 12.6 Å². The maximum absolute atomic E-state index is 13.2. The third kappa shape index (κ3) is 5.26. The molecule has 13 nitrogen and oxygen atoms in total. The smallest absolute Gasteiger partial charge is 0.352 e. The summed E-state index contributed by atoms with van der Waals surface area (Å²) < 4.78 is 3.98. The maximum Gasteiger partial charge on any atom is 0.352 e. The van der Waals surface area contributed by atoms with E-state index in [0.717, 1.165) is 27.8 Å². The van der Waals surface area contributed by atoms with Gasteiger partial charge in [0.1, 0.15) is 48.4 Å². The largest absolute Gasteiger partial charge is 0.477 e. The summed E-state index contributed by atoms with van der Waals surface area (Å²) in [7, 11) is 0.